The Kier molecular flexibility index (Phi) is 2.02. The maximum absolute atomic E-state index is 10.7. The molecule has 1 saturated heterocycles. The summed E-state index contributed by atoms with van der Waals surface area (Å²) in [4.78, 5) is 10.4. The number of rotatable bonds is 3. The molecule has 11 heavy (non-hydrogen) atoms. The third-order valence-electron chi connectivity index (χ3n) is 1.70. The summed E-state index contributed by atoms with van der Waals surface area (Å²) < 4.78 is 26.2. The van der Waals surface area contributed by atoms with Gasteiger partial charge in [-0.15, -0.1) is 0 Å². The normalized spacial score (nSPS) is 25.5. The van der Waals surface area contributed by atoms with Gasteiger partial charge in [0.05, 0.1) is 23.5 Å². The molecule has 5 heteroatoms. The van der Waals surface area contributed by atoms with Crippen molar-refractivity contribution in [2.45, 2.75) is 0 Å². The molecule has 1 fully saturated rings. The van der Waals surface area contributed by atoms with Crippen LogP contribution in [0, 0.1) is 5.41 Å². The van der Waals surface area contributed by atoms with Gasteiger partial charge in [0.25, 0.3) is 0 Å². The van der Waals surface area contributed by atoms with Gasteiger partial charge in [0.1, 0.15) is 6.29 Å². The van der Waals surface area contributed by atoms with Crippen LogP contribution in [0.2, 0.25) is 0 Å². The van der Waals surface area contributed by atoms with Crippen LogP contribution >= 0.6 is 0 Å². The molecule has 0 aromatic heterocycles. The van der Waals surface area contributed by atoms with E-state index in [0.29, 0.717) is 6.29 Å². The number of hydrogen-bond donors (Lipinski definition) is 0. The summed E-state index contributed by atoms with van der Waals surface area (Å²) in [6.45, 7) is 0.204. The summed E-state index contributed by atoms with van der Waals surface area (Å²) in [5.74, 6) is -0.116. The van der Waals surface area contributed by atoms with E-state index < -0.39 is 15.3 Å². The standard InChI is InChI=1S/C6H10O4S/c1-10-3-6(2-7)4-11(8,9)5-6/h2H,3-5H2,1H3. The molecule has 0 saturated carbocycles. The molecule has 0 spiro atoms. The molecule has 0 atom stereocenters. The van der Waals surface area contributed by atoms with Gasteiger partial charge < -0.3 is 9.53 Å². The monoisotopic (exact) mass is 178 g/mol. The fourth-order valence-electron chi connectivity index (χ4n) is 1.31. The second-order valence-corrected chi connectivity index (χ2v) is 5.01. The Morgan fingerprint density at radius 2 is 2.09 bits per heavy atom. The van der Waals surface area contributed by atoms with E-state index in [-0.39, 0.29) is 18.1 Å². The highest BCUT2D eigenvalue weighted by Gasteiger charge is 2.48. The molecule has 0 aromatic carbocycles. The molecule has 0 aromatic rings. The predicted molar refractivity (Wildman–Crippen MR) is 39.0 cm³/mol. The van der Waals surface area contributed by atoms with Gasteiger partial charge in [-0.2, -0.15) is 0 Å². The van der Waals surface area contributed by atoms with Gasteiger partial charge in [-0.25, -0.2) is 8.42 Å². The molecular weight excluding hydrogens is 168 g/mol. The fraction of sp³-hybridized carbons (Fsp3) is 0.833. The lowest BCUT2D eigenvalue weighted by Crippen LogP contribution is -2.52. The van der Waals surface area contributed by atoms with Crippen LogP contribution in [-0.2, 0) is 19.4 Å². The molecule has 64 valence electrons. The SMILES string of the molecule is COCC1(C=O)CS(=O)(=O)C1. The summed E-state index contributed by atoms with van der Waals surface area (Å²) in [5.41, 5.74) is -0.742. The molecule has 0 unspecified atom stereocenters. The highest BCUT2D eigenvalue weighted by molar-refractivity contribution is 7.93. The van der Waals surface area contributed by atoms with Crippen LogP contribution in [0.1, 0.15) is 0 Å². The summed E-state index contributed by atoms with van der Waals surface area (Å²) in [6, 6.07) is 0. The molecule has 0 radical (unpaired) electrons. The van der Waals surface area contributed by atoms with Crippen molar-refractivity contribution in [3.63, 3.8) is 0 Å². The molecule has 1 heterocycles. The van der Waals surface area contributed by atoms with Crippen molar-refractivity contribution in [2.75, 3.05) is 25.2 Å². The number of methoxy groups -OCH3 is 1. The van der Waals surface area contributed by atoms with E-state index in [1.807, 2.05) is 0 Å². The Morgan fingerprint density at radius 1 is 1.55 bits per heavy atom. The predicted octanol–water partition coefficient (Wildman–Crippen LogP) is -0.753. The zero-order chi connectivity index (χ0) is 8.54. The Bertz CT molecular complexity index is 242. The Morgan fingerprint density at radius 3 is 2.36 bits per heavy atom. The van der Waals surface area contributed by atoms with Crippen LogP contribution in [0.25, 0.3) is 0 Å². The summed E-state index contributed by atoms with van der Waals surface area (Å²) >= 11 is 0. The second kappa shape index (κ2) is 2.57. The molecule has 1 aliphatic rings. The quantitative estimate of drug-likeness (QED) is 0.533. The minimum Gasteiger partial charge on any atom is -0.384 e. The Balaban J connectivity index is 2.64. The third kappa shape index (κ3) is 1.59. The zero-order valence-electron chi connectivity index (χ0n) is 6.24. The number of sulfone groups is 1. The van der Waals surface area contributed by atoms with Gasteiger partial charge >= 0.3 is 0 Å². The lowest BCUT2D eigenvalue weighted by molar-refractivity contribution is -0.117. The van der Waals surface area contributed by atoms with E-state index in [0.717, 1.165) is 0 Å². The van der Waals surface area contributed by atoms with E-state index in [4.69, 9.17) is 4.74 Å². The van der Waals surface area contributed by atoms with Crippen LogP contribution in [0.5, 0.6) is 0 Å². The first kappa shape index (κ1) is 8.67. The van der Waals surface area contributed by atoms with Gasteiger partial charge in [-0.3, -0.25) is 0 Å². The van der Waals surface area contributed by atoms with Crippen molar-refractivity contribution in [1.82, 2.24) is 0 Å². The van der Waals surface area contributed by atoms with Crippen LogP contribution in [0.15, 0.2) is 0 Å². The molecular formula is C6H10O4S. The average Bonchev–Trinajstić information content (AvgIpc) is 1.84. The first-order valence-corrected chi connectivity index (χ1v) is 5.01. The van der Waals surface area contributed by atoms with Crippen molar-refractivity contribution in [1.29, 1.82) is 0 Å². The van der Waals surface area contributed by atoms with E-state index in [2.05, 4.69) is 0 Å². The maximum atomic E-state index is 10.7. The van der Waals surface area contributed by atoms with Gasteiger partial charge in [0.2, 0.25) is 0 Å². The molecule has 0 amide bonds. The lowest BCUT2D eigenvalue weighted by atomic mass is 9.96. The summed E-state index contributed by atoms with van der Waals surface area (Å²) in [6.07, 6.45) is 0.678. The van der Waals surface area contributed by atoms with Crippen molar-refractivity contribution >= 4 is 16.1 Å². The van der Waals surface area contributed by atoms with Gasteiger partial charge in [-0.1, -0.05) is 0 Å². The maximum Gasteiger partial charge on any atom is 0.152 e. The number of hydrogen-bond acceptors (Lipinski definition) is 4. The van der Waals surface area contributed by atoms with E-state index in [1.165, 1.54) is 7.11 Å². The van der Waals surface area contributed by atoms with Crippen LogP contribution in [0.3, 0.4) is 0 Å². The summed E-state index contributed by atoms with van der Waals surface area (Å²) in [7, 11) is -1.48. The van der Waals surface area contributed by atoms with Gasteiger partial charge in [-0.05, 0) is 0 Å². The van der Waals surface area contributed by atoms with Crippen LogP contribution < -0.4 is 0 Å². The highest BCUT2D eigenvalue weighted by atomic mass is 32.2. The van der Waals surface area contributed by atoms with E-state index in [9.17, 15) is 13.2 Å². The van der Waals surface area contributed by atoms with E-state index >= 15 is 0 Å². The average molecular weight is 178 g/mol. The van der Waals surface area contributed by atoms with Crippen LogP contribution in [-0.4, -0.2) is 39.9 Å². The second-order valence-electron chi connectivity index (χ2n) is 2.95. The smallest absolute Gasteiger partial charge is 0.152 e. The minimum absolute atomic E-state index is 0.0582. The first-order valence-electron chi connectivity index (χ1n) is 3.19. The zero-order valence-corrected chi connectivity index (χ0v) is 7.06. The number of carbonyl (C=O) groups excluding carboxylic acids is 1. The number of carbonyl (C=O) groups is 1. The third-order valence-corrected chi connectivity index (χ3v) is 3.73. The van der Waals surface area contributed by atoms with E-state index in [1.54, 1.807) is 0 Å². The molecule has 0 bridgehead atoms. The summed E-state index contributed by atoms with van der Waals surface area (Å²) in [5, 5.41) is 0. The van der Waals surface area contributed by atoms with Crippen molar-refractivity contribution in [3.8, 4) is 0 Å². The van der Waals surface area contributed by atoms with Crippen molar-refractivity contribution in [3.05, 3.63) is 0 Å². The van der Waals surface area contributed by atoms with Gasteiger partial charge in [0, 0.05) is 7.11 Å². The minimum atomic E-state index is -2.93. The molecule has 0 aliphatic carbocycles. The Labute approximate surface area is 65.5 Å². The topological polar surface area (TPSA) is 60.4 Å². The number of aldehydes is 1. The van der Waals surface area contributed by atoms with Gasteiger partial charge in [0.15, 0.2) is 9.84 Å². The molecule has 1 aliphatic heterocycles. The first-order chi connectivity index (χ1) is 5.04. The Hall–Kier alpha value is -0.420. The van der Waals surface area contributed by atoms with Crippen molar-refractivity contribution in [2.24, 2.45) is 5.41 Å². The van der Waals surface area contributed by atoms with Crippen molar-refractivity contribution < 1.29 is 17.9 Å². The highest BCUT2D eigenvalue weighted by Crippen LogP contribution is 2.30. The molecule has 4 nitrogen and oxygen atoms in total. The lowest BCUT2D eigenvalue weighted by Gasteiger charge is -2.34. The largest absolute Gasteiger partial charge is 0.384 e. The van der Waals surface area contributed by atoms with Crippen LogP contribution in [0.4, 0.5) is 0 Å². The fourth-order valence-corrected chi connectivity index (χ4v) is 3.28. The molecule has 1 rings (SSSR count). The number of ether oxygens (including phenoxy) is 1. The molecule has 0 N–H and O–H groups in total.